The molecule has 0 radical (unpaired) electrons. The average molecular weight is 230 g/mol. The summed E-state index contributed by atoms with van der Waals surface area (Å²) in [5, 5.41) is 8.52. The lowest BCUT2D eigenvalue weighted by Gasteiger charge is -2.09. The Bertz CT molecular complexity index is 263. The minimum Gasteiger partial charge on any atom is -0.464 e. The molecular weight excluding hydrogens is 222 g/mol. The molecule has 1 aromatic carbocycles. The molecule has 64 valence electrons. The molecule has 12 heavy (non-hydrogen) atoms. The predicted octanol–water partition coefficient (Wildman–Crippen LogP) is 2.48. The van der Waals surface area contributed by atoms with E-state index in [2.05, 4.69) is 16.1 Å². The van der Waals surface area contributed by atoms with Crippen molar-refractivity contribution in [1.29, 1.82) is 0 Å². The Labute approximate surface area is 79.0 Å². The van der Waals surface area contributed by atoms with Gasteiger partial charge in [0.15, 0.2) is 0 Å². The van der Waals surface area contributed by atoms with Gasteiger partial charge in [0.2, 0.25) is 0 Å². The molecule has 1 amide bonds. The minimum atomic E-state index is -0.987. The lowest BCUT2D eigenvalue weighted by Crippen LogP contribution is -2.17. The summed E-state index contributed by atoms with van der Waals surface area (Å²) in [7, 11) is 0. The fourth-order valence-electron chi connectivity index (χ4n) is 0.811. The largest absolute Gasteiger partial charge is 0.464 e. The van der Waals surface area contributed by atoms with Gasteiger partial charge in [-0.1, -0.05) is 30.3 Å². The third-order valence-electron chi connectivity index (χ3n) is 1.37. The molecule has 0 spiro atoms. The maximum atomic E-state index is 10.4. The summed E-state index contributed by atoms with van der Waals surface area (Å²) in [4.78, 5) is 10.4. The van der Waals surface area contributed by atoms with Gasteiger partial charge in [0.05, 0.1) is 22.7 Å². The molecule has 0 aromatic heterocycles. The maximum absolute atomic E-state index is 10.4. The topological polar surface area (TPSA) is 40.5 Å². The van der Waals surface area contributed by atoms with Gasteiger partial charge in [0, 0.05) is 0 Å². The van der Waals surface area contributed by atoms with Gasteiger partial charge in [-0.2, -0.15) is 0 Å². The molecule has 0 unspecified atom stereocenters. The van der Waals surface area contributed by atoms with E-state index in [9.17, 15) is 4.79 Å². The number of nitrogens with zero attached hydrogens (tertiary/aromatic N) is 1. The van der Waals surface area contributed by atoms with Gasteiger partial charge in [0.1, 0.15) is 0 Å². The molecule has 1 aromatic rings. The lowest BCUT2D eigenvalue weighted by molar-refractivity contribution is 0.176. The number of amides is 1. The Balaban J connectivity index is 2.58. The normalized spacial score (nSPS) is 9.42. The van der Waals surface area contributed by atoms with Gasteiger partial charge in [-0.15, -0.1) is 0 Å². The smallest absolute Gasteiger partial charge is 0.417 e. The van der Waals surface area contributed by atoms with Crippen molar-refractivity contribution in [3.63, 3.8) is 0 Å². The summed E-state index contributed by atoms with van der Waals surface area (Å²) in [6.07, 6.45) is -0.987. The first-order valence-corrected chi connectivity index (χ1v) is 4.11. The van der Waals surface area contributed by atoms with Crippen molar-refractivity contribution >= 4 is 22.2 Å². The molecule has 0 bridgehead atoms. The van der Waals surface area contributed by atoms with Gasteiger partial charge < -0.3 is 5.11 Å². The maximum Gasteiger partial charge on any atom is 0.417 e. The quantitative estimate of drug-likeness (QED) is 0.792. The van der Waals surface area contributed by atoms with Crippen molar-refractivity contribution in [2.45, 2.75) is 6.54 Å². The summed E-state index contributed by atoms with van der Waals surface area (Å²) in [6, 6.07) is 9.38. The molecule has 0 aliphatic rings. The van der Waals surface area contributed by atoms with Crippen LogP contribution in [0.5, 0.6) is 0 Å². The highest BCUT2D eigenvalue weighted by Crippen LogP contribution is 2.07. The Hall–Kier alpha value is -1.03. The third-order valence-corrected chi connectivity index (χ3v) is 1.93. The van der Waals surface area contributed by atoms with Crippen molar-refractivity contribution in [2.24, 2.45) is 0 Å². The monoisotopic (exact) mass is 229 g/mol. The first-order valence-electron chi connectivity index (χ1n) is 3.40. The molecule has 0 saturated heterocycles. The van der Waals surface area contributed by atoms with E-state index < -0.39 is 6.09 Å². The Morgan fingerprint density at radius 2 is 2.00 bits per heavy atom. The minimum absolute atomic E-state index is 0.357. The highest BCUT2D eigenvalue weighted by Gasteiger charge is 2.06. The van der Waals surface area contributed by atoms with E-state index in [1.54, 1.807) is 0 Å². The zero-order valence-corrected chi connectivity index (χ0v) is 7.86. The SMILES string of the molecule is O=C(O)N(Br)Cc1ccccc1. The second kappa shape index (κ2) is 4.11. The number of benzene rings is 1. The van der Waals surface area contributed by atoms with E-state index in [0.29, 0.717) is 6.54 Å². The number of hydrogen-bond donors (Lipinski definition) is 1. The molecule has 0 fully saturated rings. The predicted molar refractivity (Wildman–Crippen MR) is 48.9 cm³/mol. The van der Waals surface area contributed by atoms with Crippen LogP contribution >= 0.6 is 16.1 Å². The van der Waals surface area contributed by atoms with Crippen LogP contribution in [-0.4, -0.2) is 15.1 Å². The van der Waals surface area contributed by atoms with E-state index in [1.165, 1.54) is 0 Å². The Morgan fingerprint density at radius 3 is 2.50 bits per heavy atom. The van der Waals surface area contributed by atoms with Crippen LogP contribution < -0.4 is 0 Å². The van der Waals surface area contributed by atoms with Gasteiger partial charge in [-0.3, -0.25) is 0 Å². The van der Waals surface area contributed by atoms with E-state index in [4.69, 9.17) is 5.11 Å². The van der Waals surface area contributed by atoms with Gasteiger partial charge in [-0.25, -0.2) is 8.72 Å². The van der Waals surface area contributed by atoms with Crippen LogP contribution in [0.1, 0.15) is 5.56 Å². The van der Waals surface area contributed by atoms with Crippen molar-refractivity contribution in [1.82, 2.24) is 3.93 Å². The number of carboxylic acid groups (broad SMARTS) is 1. The fourth-order valence-corrected chi connectivity index (χ4v) is 1.10. The highest BCUT2D eigenvalue weighted by atomic mass is 79.9. The summed E-state index contributed by atoms with van der Waals surface area (Å²) in [5.74, 6) is 0. The lowest BCUT2D eigenvalue weighted by atomic mass is 10.2. The van der Waals surface area contributed by atoms with Crippen LogP contribution in [0.25, 0.3) is 0 Å². The average Bonchev–Trinajstić information content (AvgIpc) is 2.06. The fraction of sp³-hybridized carbons (Fsp3) is 0.125. The van der Waals surface area contributed by atoms with Crippen molar-refractivity contribution in [2.75, 3.05) is 0 Å². The van der Waals surface area contributed by atoms with E-state index in [0.717, 1.165) is 9.49 Å². The molecule has 0 aliphatic carbocycles. The third kappa shape index (κ3) is 2.54. The van der Waals surface area contributed by atoms with Gasteiger partial charge in [-0.05, 0) is 5.56 Å². The summed E-state index contributed by atoms with van der Waals surface area (Å²) in [5.41, 5.74) is 0.955. The Kier molecular flexibility index (Phi) is 3.10. The highest BCUT2D eigenvalue weighted by molar-refractivity contribution is 9.07. The van der Waals surface area contributed by atoms with Crippen LogP contribution in [0.4, 0.5) is 4.79 Å². The van der Waals surface area contributed by atoms with E-state index >= 15 is 0 Å². The standard InChI is InChI=1S/C8H8BrNO2/c9-10(8(11)12)6-7-4-2-1-3-5-7/h1-5H,6H2,(H,11,12). The molecule has 0 saturated carbocycles. The molecule has 0 atom stereocenters. The number of halogens is 1. The summed E-state index contributed by atoms with van der Waals surface area (Å²) < 4.78 is 1.06. The van der Waals surface area contributed by atoms with Crippen LogP contribution in [0, 0.1) is 0 Å². The van der Waals surface area contributed by atoms with Crippen molar-refractivity contribution < 1.29 is 9.90 Å². The van der Waals surface area contributed by atoms with Crippen molar-refractivity contribution in [3.05, 3.63) is 35.9 Å². The zero-order valence-electron chi connectivity index (χ0n) is 6.27. The van der Waals surface area contributed by atoms with Crippen LogP contribution in [0.3, 0.4) is 0 Å². The van der Waals surface area contributed by atoms with Gasteiger partial charge in [0.25, 0.3) is 0 Å². The molecule has 1 N–H and O–H groups in total. The van der Waals surface area contributed by atoms with E-state index in [1.807, 2.05) is 30.3 Å². The molecule has 1 rings (SSSR count). The van der Waals surface area contributed by atoms with E-state index in [-0.39, 0.29) is 0 Å². The molecular formula is C8H8BrNO2. The molecule has 0 aliphatic heterocycles. The first-order chi connectivity index (χ1) is 5.70. The number of carbonyl (C=O) groups is 1. The molecule has 0 heterocycles. The summed E-state index contributed by atoms with van der Waals surface area (Å²) in [6.45, 7) is 0.357. The second-order valence-electron chi connectivity index (χ2n) is 2.29. The van der Waals surface area contributed by atoms with Gasteiger partial charge >= 0.3 is 6.09 Å². The van der Waals surface area contributed by atoms with Crippen molar-refractivity contribution in [3.8, 4) is 0 Å². The molecule has 4 heteroatoms. The number of hydrogen-bond acceptors (Lipinski definition) is 1. The molecule has 3 nitrogen and oxygen atoms in total. The zero-order chi connectivity index (χ0) is 8.97. The number of rotatable bonds is 2. The summed E-state index contributed by atoms with van der Waals surface area (Å²) >= 11 is 2.91. The second-order valence-corrected chi connectivity index (χ2v) is 3.14. The van der Waals surface area contributed by atoms with Crippen LogP contribution in [0.2, 0.25) is 0 Å². The van der Waals surface area contributed by atoms with Crippen LogP contribution in [0.15, 0.2) is 30.3 Å². The Morgan fingerprint density at radius 1 is 1.42 bits per heavy atom. The van der Waals surface area contributed by atoms with Crippen LogP contribution in [-0.2, 0) is 6.54 Å². The first kappa shape index (κ1) is 9.06.